The monoisotopic (exact) mass is 350 g/mol. The van der Waals surface area contributed by atoms with E-state index in [1.807, 2.05) is 31.2 Å². The Labute approximate surface area is 151 Å². The first-order valence-electron chi connectivity index (χ1n) is 8.23. The van der Waals surface area contributed by atoms with E-state index in [9.17, 15) is 14.3 Å². The zero-order valence-corrected chi connectivity index (χ0v) is 14.5. The predicted molar refractivity (Wildman–Crippen MR) is 97.5 cm³/mol. The SMILES string of the molecule is Cc1ccc([C@@H](NC(=O)c2cccc(C)n2)c2cc(F)ccc2O)cc1. The quantitative estimate of drug-likeness (QED) is 0.746. The maximum Gasteiger partial charge on any atom is 0.270 e. The minimum Gasteiger partial charge on any atom is -0.508 e. The number of aryl methyl sites for hydroxylation is 2. The number of aromatic nitrogens is 1. The first kappa shape index (κ1) is 17.6. The van der Waals surface area contributed by atoms with Crippen molar-refractivity contribution in [1.29, 1.82) is 0 Å². The zero-order valence-electron chi connectivity index (χ0n) is 14.5. The van der Waals surface area contributed by atoms with Crippen LogP contribution in [0.25, 0.3) is 0 Å². The van der Waals surface area contributed by atoms with E-state index in [0.717, 1.165) is 16.8 Å². The van der Waals surface area contributed by atoms with E-state index in [4.69, 9.17) is 0 Å². The van der Waals surface area contributed by atoms with Crippen LogP contribution in [0, 0.1) is 19.7 Å². The van der Waals surface area contributed by atoms with Crippen LogP contribution in [0.2, 0.25) is 0 Å². The van der Waals surface area contributed by atoms with Gasteiger partial charge in [-0.3, -0.25) is 4.79 Å². The van der Waals surface area contributed by atoms with Crippen molar-refractivity contribution in [3.8, 4) is 5.75 Å². The number of nitrogens with one attached hydrogen (secondary N) is 1. The van der Waals surface area contributed by atoms with Gasteiger partial charge in [-0.15, -0.1) is 0 Å². The Morgan fingerprint density at radius 3 is 2.50 bits per heavy atom. The van der Waals surface area contributed by atoms with E-state index in [1.165, 1.54) is 18.2 Å². The highest BCUT2D eigenvalue weighted by Crippen LogP contribution is 2.30. The first-order valence-corrected chi connectivity index (χ1v) is 8.23. The Bertz CT molecular complexity index is 939. The van der Waals surface area contributed by atoms with Gasteiger partial charge in [-0.05, 0) is 49.7 Å². The van der Waals surface area contributed by atoms with Gasteiger partial charge in [0.25, 0.3) is 5.91 Å². The van der Waals surface area contributed by atoms with Gasteiger partial charge in [-0.1, -0.05) is 35.9 Å². The molecule has 0 bridgehead atoms. The minimum absolute atomic E-state index is 0.0884. The number of benzene rings is 2. The lowest BCUT2D eigenvalue weighted by Gasteiger charge is -2.21. The van der Waals surface area contributed by atoms with E-state index >= 15 is 0 Å². The Kier molecular flexibility index (Phi) is 4.98. The summed E-state index contributed by atoms with van der Waals surface area (Å²) < 4.78 is 13.8. The first-order chi connectivity index (χ1) is 12.4. The van der Waals surface area contributed by atoms with Crippen molar-refractivity contribution in [2.24, 2.45) is 0 Å². The minimum atomic E-state index is -0.707. The molecule has 1 heterocycles. The molecule has 0 radical (unpaired) electrons. The molecule has 0 aliphatic carbocycles. The number of amides is 1. The van der Waals surface area contributed by atoms with Crippen molar-refractivity contribution in [3.05, 3.63) is 94.6 Å². The van der Waals surface area contributed by atoms with Gasteiger partial charge in [0.15, 0.2) is 0 Å². The Morgan fingerprint density at radius 1 is 1.08 bits per heavy atom. The second kappa shape index (κ2) is 7.35. The maximum atomic E-state index is 13.8. The third-order valence-corrected chi connectivity index (χ3v) is 4.11. The molecule has 0 fully saturated rings. The van der Waals surface area contributed by atoms with Gasteiger partial charge < -0.3 is 10.4 Å². The number of carbonyl (C=O) groups excluding carboxylic acids is 1. The van der Waals surface area contributed by atoms with Gasteiger partial charge in [0, 0.05) is 11.3 Å². The van der Waals surface area contributed by atoms with E-state index in [-0.39, 0.29) is 17.0 Å². The molecule has 5 heteroatoms. The number of pyridine rings is 1. The molecule has 1 aromatic heterocycles. The number of halogens is 1. The van der Waals surface area contributed by atoms with Crippen LogP contribution in [-0.4, -0.2) is 16.0 Å². The molecule has 3 rings (SSSR count). The van der Waals surface area contributed by atoms with Crippen LogP contribution in [0.1, 0.15) is 38.9 Å². The van der Waals surface area contributed by atoms with Crippen LogP contribution < -0.4 is 5.32 Å². The van der Waals surface area contributed by atoms with Crippen LogP contribution >= 0.6 is 0 Å². The molecule has 1 amide bonds. The van der Waals surface area contributed by atoms with Crippen LogP contribution in [0.4, 0.5) is 4.39 Å². The van der Waals surface area contributed by atoms with Crippen molar-refractivity contribution < 1.29 is 14.3 Å². The summed E-state index contributed by atoms with van der Waals surface area (Å²) in [5.41, 5.74) is 3.06. The van der Waals surface area contributed by atoms with Gasteiger partial charge >= 0.3 is 0 Å². The second-order valence-corrected chi connectivity index (χ2v) is 6.18. The fourth-order valence-electron chi connectivity index (χ4n) is 2.73. The van der Waals surface area contributed by atoms with E-state index in [2.05, 4.69) is 10.3 Å². The number of rotatable bonds is 4. The molecule has 26 heavy (non-hydrogen) atoms. The second-order valence-electron chi connectivity index (χ2n) is 6.18. The summed E-state index contributed by atoms with van der Waals surface area (Å²) in [6.07, 6.45) is 0. The lowest BCUT2D eigenvalue weighted by molar-refractivity contribution is 0.0937. The summed E-state index contributed by atoms with van der Waals surface area (Å²) in [5.74, 6) is -0.977. The average molecular weight is 350 g/mol. The largest absolute Gasteiger partial charge is 0.508 e. The number of hydrogen-bond acceptors (Lipinski definition) is 3. The molecule has 4 nitrogen and oxygen atoms in total. The van der Waals surface area contributed by atoms with Gasteiger partial charge in [-0.2, -0.15) is 0 Å². The molecule has 132 valence electrons. The predicted octanol–water partition coefficient (Wildman–Crippen LogP) is 4.06. The third-order valence-electron chi connectivity index (χ3n) is 4.11. The molecule has 0 unspecified atom stereocenters. The summed E-state index contributed by atoms with van der Waals surface area (Å²) in [5, 5.41) is 13.1. The molecule has 0 saturated carbocycles. The van der Waals surface area contributed by atoms with E-state index in [1.54, 1.807) is 25.1 Å². The Balaban J connectivity index is 2.01. The normalized spacial score (nSPS) is 11.8. The Morgan fingerprint density at radius 2 is 1.81 bits per heavy atom. The summed E-state index contributed by atoms with van der Waals surface area (Å²) in [6, 6.07) is 15.6. The van der Waals surface area contributed by atoms with Gasteiger partial charge in [0.1, 0.15) is 17.3 Å². The van der Waals surface area contributed by atoms with Crippen LogP contribution in [0.5, 0.6) is 5.75 Å². The van der Waals surface area contributed by atoms with Crippen molar-refractivity contribution in [1.82, 2.24) is 10.3 Å². The smallest absolute Gasteiger partial charge is 0.270 e. The average Bonchev–Trinajstić information content (AvgIpc) is 2.62. The Hall–Kier alpha value is -3.21. The van der Waals surface area contributed by atoms with Crippen molar-refractivity contribution in [2.45, 2.75) is 19.9 Å². The molecule has 0 aliphatic heterocycles. The molecular formula is C21H19FN2O2. The molecule has 0 aliphatic rings. The molecule has 3 aromatic rings. The van der Waals surface area contributed by atoms with Gasteiger partial charge in [0.05, 0.1) is 6.04 Å². The van der Waals surface area contributed by atoms with Crippen LogP contribution in [0.15, 0.2) is 60.7 Å². The standard InChI is InChI=1S/C21H19FN2O2/c1-13-6-8-15(9-7-13)20(17-12-16(22)10-11-19(17)25)24-21(26)18-5-3-4-14(2)23-18/h3-12,20,25H,1-2H3,(H,24,26)/t20-/m1/s1. The summed E-state index contributed by atoms with van der Waals surface area (Å²) in [4.78, 5) is 16.9. The molecule has 0 spiro atoms. The fourth-order valence-corrected chi connectivity index (χ4v) is 2.73. The van der Waals surface area contributed by atoms with Gasteiger partial charge in [-0.25, -0.2) is 9.37 Å². The molecule has 0 saturated heterocycles. The van der Waals surface area contributed by atoms with Crippen LogP contribution in [-0.2, 0) is 0 Å². The third kappa shape index (κ3) is 3.88. The number of aromatic hydroxyl groups is 1. The van der Waals surface area contributed by atoms with Crippen molar-refractivity contribution >= 4 is 5.91 Å². The number of phenols is 1. The number of nitrogens with zero attached hydrogens (tertiary/aromatic N) is 1. The molecule has 1 atom stereocenters. The van der Waals surface area contributed by atoms with Gasteiger partial charge in [0.2, 0.25) is 0 Å². The number of phenolic OH excluding ortho intramolecular Hbond substituents is 1. The van der Waals surface area contributed by atoms with E-state index in [0.29, 0.717) is 0 Å². The lowest BCUT2D eigenvalue weighted by Crippen LogP contribution is -2.30. The lowest BCUT2D eigenvalue weighted by atomic mass is 9.96. The highest BCUT2D eigenvalue weighted by atomic mass is 19.1. The van der Waals surface area contributed by atoms with Crippen LogP contribution in [0.3, 0.4) is 0 Å². The number of carbonyl (C=O) groups is 1. The molecule has 2 N–H and O–H groups in total. The summed E-state index contributed by atoms with van der Waals surface area (Å²) in [7, 11) is 0. The zero-order chi connectivity index (χ0) is 18.7. The van der Waals surface area contributed by atoms with Crippen molar-refractivity contribution in [3.63, 3.8) is 0 Å². The fraction of sp³-hybridized carbons (Fsp3) is 0.143. The highest BCUT2D eigenvalue weighted by molar-refractivity contribution is 5.92. The van der Waals surface area contributed by atoms with Crippen molar-refractivity contribution in [2.75, 3.05) is 0 Å². The topological polar surface area (TPSA) is 62.2 Å². The number of hydrogen-bond donors (Lipinski definition) is 2. The summed E-state index contributed by atoms with van der Waals surface area (Å²) in [6.45, 7) is 3.75. The van der Waals surface area contributed by atoms with E-state index < -0.39 is 17.8 Å². The maximum absolute atomic E-state index is 13.8. The summed E-state index contributed by atoms with van der Waals surface area (Å²) >= 11 is 0. The molecule has 2 aromatic carbocycles. The molecular weight excluding hydrogens is 331 g/mol. The highest BCUT2D eigenvalue weighted by Gasteiger charge is 2.22.